The second-order valence-corrected chi connectivity index (χ2v) is 4.46. The summed E-state index contributed by atoms with van der Waals surface area (Å²) in [5.74, 6) is -0.107. The van der Waals surface area contributed by atoms with Crippen LogP contribution in [0.15, 0.2) is 24.3 Å². The molecule has 0 amide bonds. The van der Waals surface area contributed by atoms with E-state index < -0.39 is 5.97 Å². The van der Waals surface area contributed by atoms with Crippen LogP contribution in [0, 0.1) is 6.92 Å². The minimum atomic E-state index is -0.428. The number of aromatic nitrogens is 2. The maximum Gasteiger partial charge on any atom is 0.343 e. The van der Waals surface area contributed by atoms with Crippen LogP contribution in [0.2, 0.25) is 0 Å². The average molecular weight is 273 g/mol. The predicted octanol–water partition coefficient (Wildman–Crippen LogP) is 2.50. The van der Waals surface area contributed by atoms with Crippen LogP contribution in [-0.2, 0) is 11.2 Å². The number of carbonyl (C=O) groups is 1. The molecule has 2 aromatic rings. The zero-order valence-electron chi connectivity index (χ0n) is 12.0. The second kappa shape index (κ2) is 5.77. The summed E-state index contributed by atoms with van der Waals surface area (Å²) in [5.41, 5.74) is 9.03. The molecule has 2 rings (SSSR count). The quantitative estimate of drug-likeness (QED) is 0.869. The van der Waals surface area contributed by atoms with Crippen LogP contribution in [0.4, 0.5) is 5.82 Å². The Balaban J connectivity index is 2.54. The number of nitrogen functional groups attached to an aromatic ring is 1. The van der Waals surface area contributed by atoms with Gasteiger partial charge in [-0.1, -0.05) is 25.1 Å². The van der Waals surface area contributed by atoms with Gasteiger partial charge in [-0.2, -0.15) is 5.10 Å². The Kier molecular flexibility index (Phi) is 4.08. The summed E-state index contributed by atoms with van der Waals surface area (Å²) >= 11 is 0. The Morgan fingerprint density at radius 1 is 1.35 bits per heavy atom. The van der Waals surface area contributed by atoms with Crippen molar-refractivity contribution in [3.63, 3.8) is 0 Å². The molecule has 0 unspecified atom stereocenters. The molecule has 0 saturated carbocycles. The van der Waals surface area contributed by atoms with E-state index in [1.807, 2.05) is 24.3 Å². The van der Waals surface area contributed by atoms with Gasteiger partial charge in [-0.05, 0) is 31.9 Å². The molecule has 5 nitrogen and oxygen atoms in total. The van der Waals surface area contributed by atoms with Crippen LogP contribution in [0.1, 0.15) is 35.5 Å². The van der Waals surface area contributed by atoms with E-state index in [0.717, 1.165) is 17.7 Å². The molecule has 1 aromatic heterocycles. The van der Waals surface area contributed by atoms with E-state index in [2.05, 4.69) is 12.0 Å². The molecule has 0 fully saturated rings. The lowest BCUT2D eigenvalue weighted by Crippen LogP contribution is -2.10. The van der Waals surface area contributed by atoms with Gasteiger partial charge < -0.3 is 10.5 Å². The highest BCUT2D eigenvalue weighted by Gasteiger charge is 2.22. The minimum Gasteiger partial charge on any atom is -0.462 e. The molecule has 0 radical (unpaired) electrons. The van der Waals surface area contributed by atoms with Crippen LogP contribution < -0.4 is 5.73 Å². The Labute approximate surface area is 118 Å². The summed E-state index contributed by atoms with van der Waals surface area (Å²) in [6, 6.07) is 7.86. The first-order valence-electron chi connectivity index (χ1n) is 6.70. The maximum atomic E-state index is 11.9. The van der Waals surface area contributed by atoms with E-state index in [0.29, 0.717) is 23.7 Å². The van der Waals surface area contributed by atoms with E-state index in [4.69, 9.17) is 10.5 Å². The van der Waals surface area contributed by atoms with Crippen LogP contribution in [0.25, 0.3) is 5.69 Å². The Bertz CT molecular complexity index is 632. The number of nitrogens with two attached hydrogens (primary N) is 1. The number of anilines is 1. The van der Waals surface area contributed by atoms with Gasteiger partial charge in [-0.25, -0.2) is 9.48 Å². The number of ether oxygens (including phenoxy) is 1. The lowest BCUT2D eigenvalue weighted by atomic mass is 10.1. The van der Waals surface area contributed by atoms with Crippen molar-refractivity contribution in [2.45, 2.75) is 27.2 Å². The molecule has 0 atom stereocenters. The van der Waals surface area contributed by atoms with Crippen molar-refractivity contribution in [2.24, 2.45) is 0 Å². The number of hydrogen-bond donors (Lipinski definition) is 1. The van der Waals surface area contributed by atoms with Gasteiger partial charge in [0.15, 0.2) is 0 Å². The van der Waals surface area contributed by atoms with Crippen molar-refractivity contribution < 1.29 is 9.53 Å². The summed E-state index contributed by atoms with van der Waals surface area (Å²) < 4.78 is 6.63. The molecule has 0 aliphatic rings. The van der Waals surface area contributed by atoms with Crippen LogP contribution in [0.3, 0.4) is 0 Å². The number of para-hydroxylation sites is 1. The van der Waals surface area contributed by atoms with Gasteiger partial charge in [0.1, 0.15) is 11.4 Å². The Hall–Kier alpha value is -2.30. The molecular weight excluding hydrogens is 254 g/mol. The standard InChI is InChI=1S/C15H19N3O2/c1-4-11-8-6-7-9-12(11)18-14(16)13(10(3)17-18)15(19)20-5-2/h6-9H,4-5,16H2,1-3H3. The normalized spacial score (nSPS) is 10.6. The fourth-order valence-electron chi connectivity index (χ4n) is 2.20. The molecular formula is C15H19N3O2. The van der Waals surface area contributed by atoms with Gasteiger partial charge in [0.05, 0.1) is 18.0 Å². The van der Waals surface area contributed by atoms with E-state index in [-0.39, 0.29) is 0 Å². The van der Waals surface area contributed by atoms with Crippen LogP contribution in [0.5, 0.6) is 0 Å². The molecule has 0 saturated heterocycles. The lowest BCUT2D eigenvalue weighted by Gasteiger charge is -2.09. The first-order chi connectivity index (χ1) is 9.60. The summed E-state index contributed by atoms with van der Waals surface area (Å²) in [6.07, 6.45) is 0.864. The monoisotopic (exact) mass is 273 g/mol. The van der Waals surface area contributed by atoms with Crippen molar-refractivity contribution in [3.8, 4) is 5.69 Å². The average Bonchev–Trinajstić information content (AvgIpc) is 2.74. The molecule has 20 heavy (non-hydrogen) atoms. The Morgan fingerprint density at radius 3 is 2.70 bits per heavy atom. The van der Waals surface area contributed by atoms with Crippen LogP contribution in [-0.4, -0.2) is 22.4 Å². The van der Waals surface area contributed by atoms with Crippen molar-refractivity contribution in [1.29, 1.82) is 0 Å². The van der Waals surface area contributed by atoms with Crippen LogP contribution >= 0.6 is 0 Å². The van der Waals surface area contributed by atoms with Gasteiger partial charge in [0.25, 0.3) is 0 Å². The predicted molar refractivity (Wildman–Crippen MR) is 78.0 cm³/mol. The van der Waals surface area contributed by atoms with E-state index in [1.54, 1.807) is 18.5 Å². The fourth-order valence-corrected chi connectivity index (χ4v) is 2.20. The van der Waals surface area contributed by atoms with E-state index >= 15 is 0 Å². The molecule has 106 valence electrons. The van der Waals surface area contributed by atoms with Gasteiger partial charge >= 0.3 is 5.97 Å². The molecule has 0 spiro atoms. The highest BCUT2D eigenvalue weighted by Crippen LogP contribution is 2.24. The van der Waals surface area contributed by atoms with Crippen molar-refractivity contribution >= 4 is 11.8 Å². The number of rotatable bonds is 4. The van der Waals surface area contributed by atoms with E-state index in [9.17, 15) is 4.79 Å². The number of hydrogen-bond acceptors (Lipinski definition) is 4. The third kappa shape index (κ3) is 2.39. The fraction of sp³-hybridized carbons (Fsp3) is 0.333. The smallest absolute Gasteiger partial charge is 0.343 e. The molecule has 1 heterocycles. The largest absolute Gasteiger partial charge is 0.462 e. The number of nitrogens with zero attached hydrogens (tertiary/aromatic N) is 2. The third-order valence-corrected chi connectivity index (χ3v) is 3.18. The Morgan fingerprint density at radius 2 is 2.05 bits per heavy atom. The zero-order valence-corrected chi connectivity index (χ0v) is 12.0. The third-order valence-electron chi connectivity index (χ3n) is 3.18. The highest BCUT2D eigenvalue weighted by molar-refractivity contribution is 5.95. The molecule has 0 bridgehead atoms. The van der Waals surface area contributed by atoms with Gasteiger partial charge in [0.2, 0.25) is 0 Å². The van der Waals surface area contributed by atoms with Crippen molar-refractivity contribution in [3.05, 3.63) is 41.1 Å². The summed E-state index contributed by atoms with van der Waals surface area (Å²) in [6.45, 7) is 5.90. The molecule has 5 heteroatoms. The number of esters is 1. The molecule has 0 aliphatic heterocycles. The summed E-state index contributed by atoms with van der Waals surface area (Å²) in [5, 5.41) is 4.38. The maximum absolute atomic E-state index is 11.9. The zero-order chi connectivity index (χ0) is 14.7. The number of aryl methyl sites for hydroxylation is 2. The minimum absolute atomic E-state index is 0.314. The molecule has 2 N–H and O–H groups in total. The summed E-state index contributed by atoms with van der Waals surface area (Å²) in [4.78, 5) is 11.9. The molecule has 1 aromatic carbocycles. The second-order valence-electron chi connectivity index (χ2n) is 4.46. The van der Waals surface area contributed by atoms with Gasteiger partial charge in [-0.15, -0.1) is 0 Å². The van der Waals surface area contributed by atoms with E-state index in [1.165, 1.54) is 0 Å². The number of benzene rings is 1. The van der Waals surface area contributed by atoms with Gasteiger partial charge in [0, 0.05) is 0 Å². The molecule has 0 aliphatic carbocycles. The highest BCUT2D eigenvalue weighted by atomic mass is 16.5. The summed E-state index contributed by atoms with van der Waals surface area (Å²) in [7, 11) is 0. The lowest BCUT2D eigenvalue weighted by molar-refractivity contribution is 0.0527. The van der Waals surface area contributed by atoms with Crippen molar-refractivity contribution in [2.75, 3.05) is 12.3 Å². The first-order valence-corrected chi connectivity index (χ1v) is 6.70. The van der Waals surface area contributed by atoms with Crippen molar-refractivity contribution in [1.82, 2.24) is 9.78 Å². The van der Waals surface area contributed by atoms with Gasteiger partial charge in [-0.3, -0.25) is 0 Å². The topological polar surface area (TPSA) is 70.1 Å². The SMILES string of the molecule is CCOC(=O)c1c(C)nn(-c2ccccc2CC)c1N. The first kappa shape index (κ1) is 14.1. The number of carbonyl (C=O) groups excluding carboxylic acids is 1.